The molecule has 0 aliphatic heterocycles. The standard InChI is InChI=1S/C17H16BrNS/c1-2-19-17(12-7-9-14(18)10-8-12)16-11-13-5-3-4-6-15(13)20-16/h3-11,17,19H,2H2,1H3. The molecular weight excluding hydrogens is 330 g/mol. The molecule has 0 radical (unpaired) electrons. The van der Waals surface area contributed by atoms with Crippen LogP contribution in [0.4, 0.5) is 0 Å². The fourth-order valence-electron chi connectivity index (χ4n) is 2.39. The Kier molecular flexibility index (Phi) is 4.20. The molecule has 1 nitrogen and oxygen atoms in total. The van der Waals surface area contributed by atoms with Crippen molar-refractivity contribution >= 4 is 37.4 Å². The Hall–Kier alpha value is -1.16. The number of thiophene rings is 1. The summed E-state index contributed by atoms with van der Waals surface area (Å²) in [5.41, 5.74) is 1.31. The lowest BCUT2D eigenvalue weighted by molar-refractivity contribution is 0.640. The van der Waals surface area contributed by atoms with Gasteiger partial charge in [0.05, 0.1) is 6.04 Å². The molecule has 0 fully saturated rings. The van der Waals surface area contributed by atoms with Crippen molar-refractivity contribution in [2.75, 3.05) is 6.54 Å². The smallest absolute Gasteiger partial charge is 0.0671 e. The van der Waals surface area contributed by atoms with Crippen molar-refractivity contribution in [3.05, 3.63) is 69.5 Å². The number of nitrogens with one attached hydrogen (secondary N) is 1. The van der Waals surface area contributed by atoms with Crippen molar-refractivity contribution in [3.8, 4) is 0 Å². The number of rotatable bonds is 4. The Balaban J connectivity index is 2.03. The summed E-state index contributed by atoms with van der Waals surface area (Å²) in [6.45, 7) is 3.11. The molecule has 1 atom stereocenters. The summed E-state index contributed by atoms with van der Waals surface area (Å²) >= 11 is 5.37. The van der Waals surface area contributed by atoms with Gasteiger partial charge in [-0.2, -0.15) is 0 Å². The van der Waals surface area contributed by atoms with Crippen LogP contribution < -0.4 is 5.32 Å². The van der Waals surface area contributed by atoms with Crippen LogP contribution >= 0.6 is 27.3 Å². The first-order valence-electron chi connectivity index (χ1n) is 6.75. The van der Waals surface area contributed by atoms with Gasteiger partial charge in [0.25, 0.3) is 0 Å². The minimum Gasteiger partial charge on any atom is -0.306 e. The van der Waals surface area contributed by atoms with Crippen LogP contribution in [0.5, 0.6) is 0 Å². The zero-order valence-electron chi connectivity index (χ0n) is 11.3. The van der Waals surface area contributed by atoms with Crippen molar-refractivity contribution in [2.24, 2.45) is 0 Å². The van der Waals surface area contributed by atoms with Gasteiger partial charge in [-0.1, -0.05) is 53.2 Å². The Bertz CT molecular complexity index is 669. The van der Waals surface area contributed by atoms with Gasteiger partial charge in [0.1, 0.15) is 0 Å². The monoisotopic (exact) mass is 345 g/mol. The van der Waals surface area contributed by atoms with E-state index in [2.05, 4.69) is 82.8 Å². The van der Waals surface area contributed by atoms with Crippen molar-refractivity contribution in [3.63, 3.8) is 0 Å². The summed E-state index contributed by atoms with van der Waals surface area (Å²) in [5.74, 6) is 0. The van der Waals surface area contributed by atoms with E-state index in [0.717, 1.165) is 11.0 Å². The molecule has 102 valence electrons. The fraction of sp³-hybridized carbons (Fsp3) is 0.176. The van der Waals surface area contributed by atoms with Crippen LogP contribution in [-0.4, -0.2) is 6.54 Å². The number of hydrogen-bond acceptors (Lipinski definition) is 2. The highest BCUT2D eigenvalue weighted by atomic mass is 79.9. The lowest BCUT2D eigenvalue weighted by Gasteiger charge is -2.17. The predicted octanol–water partition coefficient (Wildman–Crippen LogP) is 5.36. The highest BCUT2D eigenvalue weighted by Gasteiger charge is 2.15. The van der Waals surface area contributed by atoms with Gasteiger partial charge in [0.15, 0.2) is 0 Å². The third-order valence-corrected chi connectivity index (χ3v) is 5.05. The van der Waals surface area contributed by atoms with Gasteiger partial charge >= 0.3 is 0 Å². The van der Waals surface area contributed by atoms with Crippen LogP contribution in [0.2, 0.25) is 0 Å². The van der Waals surface area contributed by atoms with E-state index in [1.54, 1.807) is 0 Å². The van der Waals surface area contributed by atoms with Gasteiger partial charge in [-0.15, -0.1) is 11.3 Å². The zero-order chi connectivity index (χ0) is 13.9. The van der Waals surface area contributed by atoms with Crippen LogP contribution in [0.3, 0.4) is 0 Å². The molecule has 0 aliphatic rings. The van der Waals surface area contributed by atoms with Gasteiger partial charge < -0.3 is 5.32 Å². The maximum absolute atomic E-state index is 3.59. The highest BCUT2D eigenvalue weighted by Crippen LogP contribution is 2.33. The van der Waals surface area contributed by atoms with Crippen LogP contribution in [0.1, 0.15) is 23.4 Å². The van der Waals surface area contributed by atoms with E-state index in [0.29, 0.717) is 0 Å². The number of halogens is 1. The van der Waals surface area contributed by atoms with Crippen LogP contribution in [-0.2, 0) is 0 Å². The van der Waals surface area contributed by atoms with Gasteiger partial charge in [0, 0.05) is 14.0 Å². The molecular formula is C17H16BrNS. The first kappa shape index (κ1) is 13.8. The molecule has 3 rings (SSSR count). The van der Waals surface area contributed by atoms with E-state index in [4.69, 9.17) is 0 Å². The molecule has 0 spiro atoms. The number of hydrogen-bond donors (Lipinski definition) is 1. The van der Waals surface area contributed by atoms with Gasteiger partial charge in [0.2, 0.25) is 0 Å². The fourth-order valence-corrected chi connectivity index (χ4v) is 3.82. The molecule has 1 unspecified atom stereocenters. The summed E-state index contributed by atoms with van der Waals surface area (Å²) in [6.07, 6.45) is 0. The zero-order valence-corrected chi connectivity index (χ0v) is 13.7. The largest absolute Gasteiger partial charge is 0.306 e. The normalized spacial score (nSPS) is 12.7. The van der Waals surface area contributed by atoms with Gasteiger partial charge in [-0.3, -0.25) is 0 Å². The van der Waals surface area contributed by atoms with Crippen LogP contribution in [0, 0.1) is 0 Å². The minimum absolute atomic E-state index is 0.269. The maximum atomic E-state index is 3.59. The molecule has 0 bridgehead atoms. The molecule has 1 heterocycles. The Labute approximate surface area is 131 Å². The van der Waals surface area contributed by atoms with E-state index < -0.39 is 0 Å². The molecule has 0 saturated heterocycles. The van der Waals surface area contributed by atoms with E-state index in [-0.39, 0.29) is 6.04 Å². The summed E-state index contributed by atoms with van der Waals surface area (Å²) in [4.78, 5) is 1.37. The van der Waals surface area contributed by atoms with E-state index in [1.807, 2.05) is 11.3 Å². The van der Waals surface area contributed by atoms with Gasteiger partial charge in [-0.25, -0.2) is 0 Å². The summed E-state index contributed by atoms with van der Waals surface area (Å²) < 4.78 is 2.47. The molecule has 3 heteroatoms. The van der Waals surface area contributed by atoms with E-state index >= 15 is 0 Å². The molecule has 1 aromatic heterocycles. The molecule has 0 aliphatic carbocycles. The second-order valence-electron chi connectivity index (χ2n) is 4.73. The van der Waals surface area contributed by atoms with Crippen molar-refractivity contribution in [2.45, 2.75) is 13.0 Å². The maximum Gasteiger partial charge on any atom is 0.0671 e. The molecule has 0 amide bonds. The Morgan fingerprint density at radius 1 is 1.10 bits per heavy atom. The van der Waals surface area contributed by atoms with E-state index in [1.165, 1.54) is 20.5 Å². The molecule has 1 N–H and O–H groups in total. The second-order valence-corrected chi connectivity index (χ2v) is 6.76. The highest BCUT2D eigenvalue weighted by molar-refractivity contribution is 9.10. The summed E-state index contributed by atoms with van der Waals surface area (Å²) in [7, 11) is 0. The van der Waals surface area contributed by atoms with Crippen LogP contribution in [0.15, 0.2) is 59.1 Å². The summed E-state index contributed by atoms with van der Waals surface area (Å²) in [6, 6.07) is 19.7. The number of benzene rings is 2. The van der Waals surface area contributed by atoms with Crippen molar-refractivity contribution < 1.29 is 0 Å². The molecule has 0 saturated carbocycles. The Morgan fingerprint density at radius 2 is 1.85 bits per heavy atom. The lowest BCUT2D eigenvalue weighted by atomic mass is 10.0. The van der Waals surface area contributed by atoms with E-state index in [9.17, 15) is 0 Å². The average molecular weight is 346 g/mol. The van der Waals surface area contributed by atoms with Crippen LogP contribution in [0.25, 0.3) is 10.1 Å². The topological polar surface area (TPSA) is 12.0 Å². The van der Waals surface area contributed by atoms with Crippen molar-refractivity contribution in [1.29, 1.82) is 0 Å². The second kappa shape index (κ2) is 6.08. The lowest BCUT2D eigenvalue weighted by Crippen LogP contribution is -2.20. The summed E-state index contributed by atoms with van der Waals surface area (Å²) in [5, 5.41) is 4.92. The first-order chi connectivity index (χ1) is 9.78. The molecule has 2 aromatic carbocycles. The third kappa shape index (κ3) is 2.80. The number of fused-ring (bicyclic) bond motifs is 1. The average Bonchev–Trinajstić information content (AvgIpc) is 2.89. The molecule has 3 aromatic rings. The Morgan fingerprint density at radius 3 is 2.55 bits per heavy atom. The third-order valence-electron chi connectivity index (χ3n) is 3.34. The van der Waals surface area contributed by atoms with Crippen molar-refractivity contribution in [1.82, 2.24) is 5.32 Å². The quantitative estimate of drug-likeness (QED) is 0.670. The van der Waals surface area contributed by atoms with Gasteiger partial charge in [-0.05, 0) is 41.8 Å². The molecule has 20 heavy (non-hydrogen) atoms. The minimum atomic E-state index is 0.269. The SMILES string of the molecule is CCNC(c1ccc(Br)cc1)c1cc2ccccc2s1. The predicted molar refractivity (Wildman–Crippen MR) is 91.5 cm³/mol. The first-order valence-corrected chi connectivity index (χ1v) is 8.36.